The molecule has 0 spiro atoms. The summed E-state index contributed by atoms with van der Waals surface area (Å²) in [4.78, 5) is 39.6. The third kappa shape index (κ3) is 4.66. The van der Waals surface area contributed by atoms with Gasteiger partial charge in [0.25, 0.3) is 11.5 Å². The summed E-state index contributed by atoms with van der Waals surface area (Å²) in [5.41, 5.74) is 1.42. The summed E-state index contributed by atoms with van der Waals surface area (Å²) < 4.78 is 14.0. The van der Waals surface area contributed by atoms with E-state index >= 15 is 0 Å². The quantitative estimate of drug-likeness (QED) is 0.409. The maximum atomic E-state index is 14.0. The van der Waals surface area contributed by atoms with E-state index in [0.717, 1.165) is 5.75 Å². The number of H-pyrrole nitrogens is 2. The molecule has 0 aliphatic heterocycles. The molecule has 3 N–H and O–H groups in total. The molecule has 158 valence electrons. The summed E-state index contributed by atoms with van der Waals surface area (Å²) in [5, 5.41) is 3.28. The molecule has 0 bridgehead atoms. The number of hydrogen-bond acceptors (Lipinski definition) is 5. The summed E-state index contributed by atoms with van der Waals surface area (Å²) in [6, 6.07) is 12.3. The van der Waals surface area contributed by atoms with Crippen LogP contribution in [0.5, 0.6) is 0 Å². The Morgan fingerprint density at radius 1 is 1.19 bits per heavy atom. The Morgan fingerprint density at radius 2 is 2.06 bits per heavy atom. The van der Waals surface area contributed by atoms with Gasteiger partial charge in [0, 0.05) is 23.2 Å². The topological polar surface area (TPSA) is 104 Å². The first-order valence-electron chi connectivity index (χ1n) is 9.65. The van der Waals surface area contributed by atoms with E-state index in [9.17, 15) is 14.0 Å². The average Bonchev–Trinajstić information content (AvgIpc) is 3.23. The van der Waals surface area contributed by atoms with Crippen LogP contribution in [-0.4, -0.2) is 37.9 Å². The number of rotatable bonds is 7. The Labute approximate surface area is 181 Å². The normalized spacial score (nSPS) is 12.1. The molecule has 0 radical (unpaired) electrons. The van der Waals surface area contributed by atoms with Gasteiger partial charge in [-0.25, -0.2) is 9.37 Å². The van der Waals surface area contributed by atoms with Crippen molar-refractivity contribution in [3.63, 3.8) is 0 Å². The molecular formula is C22H20FN5O2S. The fourth-order valence-corrected chi connectivity index (χ4v) is 3.76. The van der Waals surface area contributed by atoms with E-state index in [2.05, 4.69) is 25.3 Å². The molecule has 3 aromatic heterocycles. The third-order valence-corrected chi connectivity index (χ3v) is 5.44. The second-order valence-electron chi connectivity index (χ2n) is 6.93. The van der Waals surface area contributed by atoms with Crippen LogP contribution in [0.3, 0.4) is 0 Å². The highest BCUT2D eigenvalue weighted by Crippen LogP contribution is 2.22. The van der Waals surface area contributed by atoms with E-state index < -0.39 is 17.8 Å². The van der Waals surface area contributed by atoms with Gasteiger partial charge < -0.3 is 15.3 Å². The van der Waals surface area contributed by atoms with Crippen LogP contribution in [-0.2, 0) is 0 Å². The highest BCUT2D eigenvalue weighted by Gasteiger charge is 2.20. The summed E-state index contributed by atoms with van der Waals surface area (Å²) >= 11 is 1.62. The molecule has 4 rings (SSSR count). The number of amides is 1. The summed E-state index contributed by atoms with van der Waals surface area (Å²) in [5.74, 6) is 0.282. The zero-order chi connectivity index (χ0) is 21.8. The zero-order valence-electron chi connectivity index (χ0n) is 16.7. The standard InChI is InChI=1S/C22H20FN5O2S/c1-31-10-8-16(18-12-20(29)28-21(26-18)17-6-2-3-9-24-17)27-22(30)19-11-13-14(23)5-4-7-15(13)25-19/h2-7,9,11-12,16,25H,8,10H2,1H3,(H,27,30)(H,26,28,29)/t16-/m1/s1. The number of fused-ring (bicyclic) bond motifs is 1. The number of aromatic nitrogens is 4. The maximum absolute atomic E-state index is 14.0. The molecule has 0 fully saturated rings. The van der Waals surface area contributed by atoms with Gasteiger partial charge in [-0.3, -0.25) is 14.6 Å². The van der Waals surface area contributed by atoms with Crippen LogP contribution in [0.1, 0.15) is 28.6 Å². The van der Waals surface area contributed by atoms with E-state index in [1.54, 1.807) is 48.3 Å². The van der Waals surface area contributed by atoms with Gasteiger partial charge in [-0.05, 0) is 48.8 Å². The number of carbonyl (C=O) groups is 1. The second kappa shape index (κ2) is 9.13. The Morgan fingerprint density at radius 3 is 2.81 bits per heavy atom. The Hall–Kier alpha value is -3.46. The molecule has 4 aromatic rings. The smallest absolute Gasteiger partial charge is 0.268 e. The van der Waals surface area contributed by atoms with Crippen molar-refractivity contribution in [2.45, 2.75) is 12.5 Å². The van der Waals surface area contributed by atoms with Crippen molar-refractivity contribution in [3.8, 4) is 11.5 Å². The minimum atomic E-state index is -0.499. The fraction of sp³-hybridized carbons (Fsp3) is 0.182. The van der Waals surface area contributed by atoms with Crippen molar-refractivity contribution in [1.29, 1.82) is 0 Å². The van der Waals surface area contributed by atoms with Crippen molar-refractivity contribution in [2.24, 2.45) is 0 Å². The molecule has 0 saturated heterocycles. The first-order valence-corrected chi connectivity index (χ1v) is 11.0. The first-order chi connectivity index (χ1) is 15.0. The van der Waals surface area contributed by atoms with Gasteiger partial charge in [-0.15, -0.1) is 0 Å². The van der Waals surface area contributed by atoms with Crippen molar-refractivity contribution in [1.82, 2.24) is 25.3 Å². The molecule has 1 amide bonds. The Balaban J connectivity index is 1.65. The van der Waals surface area contributed by atoms with Crippen LogP contribution in [0.4, 0.5) is 4.39 Å². The molecule has 3 heterocycles. The number of nitrogens with one attached hydrogen (secondary N) is 3. The van der Waals surface area contributed by atoms with Crippen molar-refractivity contribution < 1.29 is 9.18 Å². The monoisotopic (exact) mass is 437 g/mol. The zero-order valence-corrected chi connectivity index (χ0v) is 17.5. The highest BCUT2D eigenvalue weighted by molar-refractivity contribution is 7.98. The van der Waals surface area contributed by atoms with E-state index in [1.165, 1.54) is 18.2 Å². The van der Waals surface area contributed by atoms with Gasteiger partial charge in [-0.1, -0.05) is 12.1 Å². The first kappa shape index (κ1) is 20.8. The lowest BCUT2D eigenvalue weighted by Gasteiger charge is -2.18. The van der Waals surface area contributed by atoms with Crippen LogP contribution >= 0.6 is 11.8 Å². The summed E-state index contributed by atoms with van der Waals surface area (Å²) in [6.45, 7) is 0. The maximum Gasteiger partial charge on any atom is 0.268 e. The van der Waals surface area contributed by atoms with Crippen LogP contribution in [0.15, 0.2) is 59.5 Å². The van der Waals surface area contributed by atoms with Crippen molar-refractivity contribution in [3.05, 3.63) is 82.3 Å². The number of aromatic amines is 2. The number of pyridine rings is 1. The number of nitrogens with zero attached hydrogens (tertiary/aromatic N) is 2. The minimum Gasteiger partial charge on any atom is -0.350 e. The van der Waals surface area contributed by atoms with Crippen LogP contribution in [0.25, 0.3) is 22.4 Å². The molecule has 0 aliphatic carbocycles. The average molecular weight is 438 g/mol. The summed E-state index contributed by atoms with van der Waals surface area (Å²) in [7, 11) is 0. The van der Waals surface area contributed by atoms with Crippen LogP contribution in [0.2, 0.25) is 0 Å². The van der Waals surface area contributed by atoms with E-state index in [4.69, 9.17) is 0 Å². The number of hydrogen-bond donors (Lipinski definition) is 3. The lowest BCUT2D eigenvalue weighted by Crippen LogP contribution is -2.31. The number of thioether (sulfide) groups is 1. The second-order valence-corrected chi connectivity index (χ2v) is 7.91. The molecule has 9 heteroatoms. The van der Waals surface area contributed by atoms with Crippen LogP contribution in [0, 0.1) is 5.82 Å². The highest BCUT2D eigenvalue weighted by atomic mass is 32.2. The van der Waals surface area contributed by atoms with E-state index in [-0.39, 0.29) is 11.3 Å². The molecule has 0 unspecified atom stereocenters. The van der Waals surface area contributed by atoms with E-state index in [0.29, 0.717) is 34.5 Å². The molecule has 7 nitrogen and oxygen atoms in total. The number of carbonyl (C=O) groups excluding carboxylic acids is 1. The van der Waals surface area contributed by atoms with Crippen molar-refractivity contribution in [2.75, 3.05) is 12.0 Å². The molecule has 1 atom stereocenters. The Kier molecular flexibility index (Phi) is 6.13. The fourth-order valence-electron chi connectivity index (χ4n) is 3.29. The predicted molar refractivity (Wildman–Crippen MR) is 120 cm³/mol. The minimum absolute atomic E-state index is 0.240. The third-order valence-electron chi connectivity index (χ3n) is 4.80. The van der Waals surface area contributed by atoms with Gasteiger partial charge in [0.1, 0.15) is 17.2 Å². The Bertz CT molecular complexity index is 1270. The molecular weight excluding hydrogens is 417 g/mol. The van der Waals surface area contributed by atoms with Gasteiger partial charge in [0.15, 0.2) is 5.82 Å². The van der Waals surface area contributed by atoms with Gasteiger partial charge in [0.2, 0.25) is 0 Å². The molecule has 0 saturated carbocycles. The number of benzene rings is 1. The van der Waals surface area contributed by atoms with Crippen LogP contribution < -0.4 is 10.9 Å². The van der Waals surface area contributed by atoms with Crippen molar-refractivity contribution >= 4 is 28.6 Å². The van der Waals surface area contributed by atoms with E-state index in [1.807, 2.05) is 6.26 Å². The molecule has 31 heavy (non-hydrogen) atoms. The SMILES string of the molecule is CSCC[C@@H](NC(=O)c1cc2c(F)cccc2[nH]1)c1cc(=O)[nH]c(-c2ccccn2)n1. The summed E-state index contributed by atoms with van der Waals surface area (Å²) in [6.07, 6.45) is 4.15. The van der Waals surface area contributed by atoms with Gasteiger partial charge in [0.05, 0.1) is 11.7 Å². The number of halogens is 1. The largest absolute Gasteiger partial charge is 0.350 e. The van der Waals surface area contributed by atoms with Gasteiger partial charge in [-0.2, -0.15) is 11.8 Å². The molecule has 1 aromatic carbocycles. The molecule has 0 aliphatic rings. The van der Waals surface area contributed by atoms with Gasteiger partial charge >= 0.3 is 0 Å². The lowest BCUT2D eigenvalue weighted by atomic mass is 10.1. The predicted octanol–water partition coefficient (Wildman–Crippen LogP) is 3.68. The lowest BCUT2D eigenvalue weighted by molar-refractivity contribution is 0.0930.